The van der Waals surface area contributed by atoms with Crippen molar-refractivity contribution in [3.05, 3.63) is 56.2 Å². The van der Waals surface area contributed by atoms with E-state index in [2.05, 4.69) is 59.3 Å². The van der Waals surface area contributed by atoms with Gasteiger partial charge in [0.2, 0.25) is 0 Å². The van der Waals surface area contributed by atoms with Crippen LogP contribution in [0.2, 0.25) is 0 Å². The van der Waals surface area contributed by atoms with E-state index in [4.69, 9.17) is 11.6 Å². The van der Waals surface area contributed by atoms with Crippen molar-refractivity contribution in [1.29, 1.82) is 0 Å². The second-order valence-corrected chi connectivity index (χ2v) is 7.80. The van der Waals surface area contributed by atoms with Gasteiger partial charge in [-0.1, -0.05) is 30.3 Å². The predicted molar refractivity (Wildman–Crippen MR) is 82.6 cm³/mol. The molecule has 1 aromatic carbocycles. The Kier molecular flexibility index (Phi) is 3.52. The van der Waals surface area contributed by atoms with Crippen LogP contribution in [0.15, 0.2) is 40.2 Å². The van der Waals surface area contributed by atoms with Gasteiger partial charge in [-0.3, -0.25) is 0 Å². The highest BCUT2D eigenvalue weighted by molar-refractivity contribution is 9.11. The lowest BCUT2D eigenvalue weighted by Gasteiger charge is -2.06. The quantitative estimate of drug-likeness (QED) is 0.609. The Hall–Kier alpha value is -0.310. The summed E-state index contributed by atoms with van der Waals surface area (Å²) in [5.41, 5.74) is 2.72. The lowest BCUT2D eigenvalue weighted by atomic mass is 10.1. The van der Waals surface area contributed by atoms with Crippen LogP contribution in [0.4, 0.5) is 0 Å². The standard InChI is InChI=1S/C15H14BrClS/c1-9-7-13(18-15(9)16)14(17)12-8-11(12)10-5-3-2-4-6-10/h2-7,11-12,14H,8H2,1H3. The van der Waals surface area contributed by atoms with Crippen LogP contribution in [-0.4, -0.2) is 0 Å². The minimum Gasteiger partial charge on any atom is -0.131 e. The smallest absolute Gasteiger partial charge is 0.0731 e. The molecule has 0 saturated heterocycles. The average molecular weight is 342 g/mol. The molecule has 1 saturated carbocycles. The molecule has 94 valence electrons. The molecular formula is C15H14BrClS. The maximum atomic E-state index is 6.62. The molecule has 0 amide bonds. The number of aryl methyl sites for hydroxylation is 1. The molecule has 0 N–H and O–H groups in total. The molecule has 3 unspecified atom stereocenters. The largest absolute Gasteiger partial charge is 0.131 e. The summed E-state index contributed by atoms with van der Waals surface area (Å²) < 4.78 is 1.21. The Morgan fingerprint density at radius 2 is 2.06 bits per heavy atom. The fraction of sp³-hybridized carbons (Fsp3) is 0.333. The zero-order valence-corrected chi connectivity index (χ0v) is 13.2. The van der Waals surface area contributed by atoms with Crippen LogP contribution < -0.4 is 0 Å². The molecule has 3 heteroatoms. The van der Waals surface area contributed by atoms with Gasteiger partial charge in [-0.15, -0.1) is 22.9 Å². The molecule has 1 aliphatic carbocycles. The molecule has 1 aromatic heterocycles. The number of halogens is 2. The van der Waals surface area contributed by atoms with Gasteiger partial charge < -0.3 is 0 Å². The van der Waals surface area contributed by atoms with E-state index >= 15 is 0 Å². The highest BCUT2D eigenvalue weighted by atomic mass is 79.9. The molecular weight excluding hydrogens is 328 g/mol. The van der Waals surface area contributed by atoms with Crippen molar-refractivity contribution in [2.75, 3.05) is 0 Å². The van der Waals surface area contributed by atoms with Crippen molar-refractivity contribution in [1.82, 2.24) is 0 Å². The number of thiophene rings is 1. The minimum atomic E-state index is 0.158. The van der Waals surface area contributed by atoms with Crippen LogP contribution in [-0.2, 0) is 0 Å². The summed E-state index contributed by atoms with van der Waals surface area (Å²) in [6.45, 7) is 2.12. The molecule has 0 nitrogen and oxygen atoms in total. The summed E-state index contributed by atoms with van der Waals surface area (Å²) in [5.74, 6) is 1.24. The molecule has 2 aromatic rings. The summed E-state index contributed by atoms with van der Waals surface area (Å²) in [6, 6.07) is 12.9. The van der Waals surface area contributed by atoms with Gasteiger partial charge in [0.05, 0.1) is 9.16 Å². The van der Waals surface area contributed by atoms with Crippen molar-refractivity contribution in [3.8, 4) is 0 Å². The minimum absolute atomic E-state index is 0.158. The zero-order chi connectivity index (χ0) is 12.7. The number of hydrogen-bond donors (Lipinski definition) is 0. The third-order valence-corrected chi connectivity index (χ3v) is 6.50. The van der Waals surface area contributed by atoms with Gasteiger partial charge in [0.25, 0.3) is 0 Å². The number of hydrogen-bond acceptors (Lipinski definition) is 1. The van der Waals surface area contributed by atoms with Crippen molar-refractivity contribution in [3.63, 3.8) is 0 Å². The van der Waals surface area contributed by atoms with E-state index in [0.29, 0.717) is 11.8 Å². The van der Waals surface area contributed by atoms with E-state index in [9.17, 15) is 0 Å². The molecule has 1 fully saturated rings. The molecule has 3 rings (SSSR count). The second-order valence-electron chi connectivity index (χ2n) is 4.92. The van der Waals surface area contributed by atoms with Crippen molar-refractivity contribution < 1.29 is 0 Å². The van der Waals surface area contributed by atoms with Crippen molar-refractivity contribution in [2.45, 2.75) is 24.6 Å². The lowest BCUT2D eigenvalue weighted by Crippen LogP contribution is -1.92. The summed E-state index contributed by atoms with van der Waals surface area (Å²) >= 11 is 12.0. The molecule has 0 radical (unpaired) electrons. The monoisotopic (exact) mass is 340 g/mol. The van der Waals surface area contributed by atoms with Crippen molar-refractivity contribution >= 4 is 38.9 Å². The molecule has 0 aliphatic heterocycles. The van der Waals surface area contributed by atoms with Crippen LogP contribution in [0.1, 0.15) is 33.7 Å². The van der Waals surface area contributed by atoms with Crippen LogP contribution in [0.25, 0.3) is 0 Å². The first-order valence-corrected chi connectivity index (χ1v) is 8.16. The van der Waals surface area contributed by atoms with E-state index < -0.39 is 0 Å². The van der Waals surface area contributed by atoms with Gasteiger partial charge >= 0.3 is 0 Å². The van der Waals surface area contributed by atoms with E-state index in [1.807, 2.05) is 0 Å². The first-order chi connectivity index (χ1) is 8.66. The fourth-order valence-corrected chi connectivity index (χ4v) is 4.55. The van der Waals surface area contributed by atoms with Gasteiger partial charge in [0, 0.05) is 4.88 Å². The maximum absolute atomic E-state index is 6.62. The highest BCUT2D eigenvalue weighted by Crippen LogP contribution is 2.57. The SMILES string of the molecule is Cc1cc(C(Cl)C2CC2c2ccccc2)sc1Br. The Morgan fingerprint density at radius 1 is 1.33 bits per heavy atom. The topological polar surface area (TPSA) is 0 Å². The van der Waals surface area contributed by atoms with Crippen LogP contribution in [0.5, 0.6) is 0 Å². The molecule has 0 spiro atoms. The van der Waals surface area contributed by atoms with Gasteiger partial charge in [0.15, 0.2) is 0 Å². The van der Waals surface area contributed by atoms with Crippen LogP contribution >= 0.6 is 38.9 Å². The van der Waals surface area contributed by atoms with E-state index in [1.165, 1.54) is 26.2 Å². The molecule has 18 heavy (non-hydrogen) atoms. The Morgan fingerprint density at radius 3 is 2.67 bits per heavy atom. The molecule has 1 heterocycles. The van der Waals surface area contributed by atoms with E-state index in [-0.39, 0.29) is 5.38 Å². The normalized spacial score (nSPS) is 23.9. The molecule has 0 bridgehead atoms. The first kappa shape index (κ1) is 12.7. The summed E-state index contributed by atoms with van der Waals surface area (Å²) in [5, 5.41) is 0.158. The Labute approximate surface area is 125 Å². The van der Waals surface area contributed by atoms with Crippen LogP contribution in [0.3, 0.4) is 0 Å². The fourth-order valence-electron chi connectivity index (χ4n) is 2.45. The summed E-state index contributed by atoms with van der Waals surface area (Å²) in [4.78, 5) is 1.30. The zero-order valence-electron chi connectivity index (χ0n) is 10.1. The second kappa shape index (κ2) is 4.99. The van der Waals surface area contributed by atoms with Crippen LogP contribution in [0, 0.1) is 12.8 Å². The van der Waals surface area contributed by atoms with Gasteiger partial charge in [0.1, 0.15) is 0 Å². The van der Waals surface area contributed by atoms with E-state index in [0.717, 1.165) is 0 Å². The molecule has 1 aliphatic rings. The lowest BCUT2D eigenvalue weighted by molar-refractivity contribution is 0.775. The van der Waals surface area contributed by atoms with Gasteiger partial charge in [-0.25, -0.2) is 0 Å². The number of alkyl halides is 1. The third-order valence-electron chi connectivity index (χ3n) is 3.59. The summed E-state index contributed by atoms with van der Waals surface area (Å²) in [7, 11) is 0. The predicted octanol–water partition coefficient (Wildman–Crippen LogP) is 5.90. The maximum Gasteiger partial charge on any atom is 0.0731 e. The molecule has 3 atom stereocenters. The third kappa shape index (κ3) is 2.38. The Balaban J connectivity index is 1.75. The number of rotatable bonds is 3. The van der Waals surface area contributed by atoms with Crippen molar-refractivity contribution in [2.24, 2.45) is 5.92 Å². The van der Waals surface area contributed by atoms with Gasteiger partial charge in [-0.05, 0) is 58.3 Å². The highest BCUT2D eigenvalue weighted by Gasteiger charge is 2.44. The summed E-state index contributed by atoms with van der Waals surface area (Å²) in [6.07, 6.45) is 1.22. The number of benzene rings is 1. The van der Waals surface area contributed by atoms with Gasteiger partial charge in [-0.2, -0.15) is 0 Å². The first-order valence-electron chi connectivity index (χ1n) is 6.11. The Bertz CT molecular complexity index is 529. The van der Waals surface area contributed by atoms with E-state index in [1.54, 1.807) is 11.3 Å². The average Bonchev–Trinajstić information content (AvgIpc) is 3.11.